The highest BCUT2D eigenvalue weighted by molar-refractivity contribution is 6.34. The molecule has 3 rings (SSSR count). The van der Waals surface area contributed by atoms with Crippen LogP contribution in [-0.4, -0.2) is 36.3 Å². The van der Waals surface area contributed by atoms with Crippen LogP contribution in [0.5, 0.6) is 0 Å². The number of likely N-dealkylation sites (tertiary alicyclic amines) is 1. The summed E-state index contributed by atoms with van der Waals surface area (Å²) >= 11 is 5.87. The topological polar surface area (TPSA) is 61.4 Å². The number of rotatable bonds is 5. The number of carbonyl (C=O) groups is 2. The fourth-order valence-electron chi connectivity index (χ4n) is 3.39. The minimum absolute atomic E-state index is 0.0730. The second-order valence-electron chi connectivity index (χ2n) is 7.11. The summed E-state index contributed by atoms with van der Waals surface area (Å²) in [6.07, 6.45) is -3.50. The van der Waals surface area contributed by atoms with Crippen molar-refractivity contribution in [1.82, 2.24) is 4.90 Å². The average Bonchev–Trinajstić information content (AvgIpc) is 2.70. The van der Waals surface area contributed by atoms with Crippen LogP contribution in [0.15, 0.2) is 48.5 Å². The number of piperidine rings is 1. The summed E-state index contributed by atoms with van der Waals surface area (Å²) in [5.74, 6) is -0.832. The maximum atomic E-state index is 13.2. The molecule has 2 N–H and O–H groups in total. The Balaban J connectivity index is 1.52. The van der Waals surface area contributed by atoms with Gasteiger partial charge in [0.25, 0.3) is 0 Å². The second kappa shape index (κ2) is 9.49. The van der Waals surface area contributed by atoms with Crippen LogP contribution in [0.2, 0.25) is 5.02 Å². The van der Waals surface area contributed by atoms with E-state index in [-0.39, 0.29) is 23.4 Å². The Kier molecular flexibility index (Phi) is 6.99. The number of anilines is 2. The maximum Gasteiger partial charge on any atom is 0.418 e. The highest BCUT2D eigenvalue weighted by Crippen LogP contribution is 2.38. The summed E-state index contributed by atoms with van der Waals surface area (Å²) < 4.78 is 39.5. The van der Waals surface area contributed by atoms with E-state index < -0.39 is 23.3 Å². The lowest BCUT2D eigenvalue weighted by atomic mass is 9.96. The molecule has 2 amide bonds. The first-order chi connectivity index (χ1) is 14.2. The zero-order valence-electron chi connectivity index (χ0n) is 16.0. The summed E-state index contributed by atoms with van der Waals surface area (Å²) in [5, 5.41) is 4.98. The van der Waals surface area contributed by atoms with E-state index in [1.165, 1.54) is 12.1 Å². The van der Waals surface area contributed by atoms with Gasteiger partial charge in [-0.15, -0.1) is 0 Å². The molecule has 2 aromatic rings. The highest BCUT2D eigenvalue weighted by Gasteiger charge is 2.35. The van der Waals surface area contributed by atoms with Crippen LogP contribution in [0.4, 0.5) is 24.5 Å². The van der Waals surface area contributed by atoms with Crippen LogP contribution in [0.25, 0.3) is 0 Å². The normalized spacial score (nSPS) is 15.6. The molecular formula is C21H21ClF3N3O2. The van der Waals surface area contributed by atoms with Crippen molar-refractivity contribution in [2.45, 2.75) is 19.0 Å². The molecular weight excluding hydrogens is 419 g/mol. The van der Waals surface area contributed by atoms with Gasteiger partial charge in [-0.3, -0.25) is 14.5 Å². The standard InChI is InChI=1S/C21H21ClF3N3O2/c22-17-8-4-7-16(21(23,24)25)19(17)27-18(29)13-28-11-9-14(10-12-28)20(30)26-15-5-2-1-3-6-15/h1-8,14H,9-13H2,(H,26,30)(H,27,29). The molecule has 1 aliphatic heterocycles. The van der Waals surface area contributed by atoms with Crippen molar-refractivity contribution >= 4 is 34.8 Å². The summed E-state index contributed by atoms with van der Waals surface area (Å²) in [7, 11) is 0. The summed E-state index contributed by atoms with van der Waals surface area (Å²) in [6, 6.07) is 12.5. The predicted octanol–water partition coefficient (Wildman–Crippen LogP) is 4.65. The van der Waals surface area contributed by atoms with Crippen LogP contribution in [-0.2, 0) is 15.8 Å². The lowest BCUT2D eigenvalue weighted by Gasteiger charge is -2.30. The number of halogens is 4. The molecule has 0 saturated carbocycles. The molecule has 0 spiro atoms. The van der Waals surface area contributed by atoms with Crippen LogP contribution < -0.4 is 10.6 Å². The smallest absolute Gasteiger partial charge is 0.326 e. The van der Waals surface area contributed by atoms with Gasteiger partial charge in [-0.1, -0.05) is 35.9 Å². The molecule has 0 radical (unpaired) electrons. The lowest BCUT2D eigenvalue weighted by Crippen LogP contribution is -2.42. The first-order valence-corrected chi connectivity index (χ1v) is 9.85. The number of para-hydroxylation sites is 2. The third-order valence-corrected chi connectivity index (χ3v) is 5.27. The molecule has 1 aliphatic rings. The fraction of sp³-hybridized carbons (Fsp3) is 0.333. The average molecular weight is 440 g/mol. The first-order valence-electron chi connectivity index (χ1n) is 9.48. The number of alkyl halides is 3. The van der Waals surface area contributed by atoms with Crippen molar-refractivity contribution < 1.29 is 22.8 Å². The van der Waals surface area contributed by atoms with Crippen molar-refractivity contribution in [2.24, 2.45) is 5.92 Å². The molecule has 0 atom stereocenters. The Hall–Kier alpha value is -2.58. The van der Waals surface area contributed by atoms with Gasteiger partial charge in [0.1, 0.15) is 0 Å². The molecule has 0 aromatic heterocycles. The van der Waals surface area contributed by atoms with Crippen LogP contribution in [0.1, 0.15) is 18.4 Å². The maximum absolute atomic E-state index is 13.2. The van der Waals surface area contributed by atoms with E-state index in [2.05, 4.69) is 10.6 Å². The Morgan fingerprint density at radius 1 is 1.00 bits per heavy atom. The number of hydrogen-bond acceptors (Lipinski definition) is 3. The van der Waals surface area contributed by atoms with Crippen molar-refractivity contribution in [3.63, 3.8) is 0 Å². The van der Waals surface area contributed by atoms with E-state index >= 15 is 0 Å². The molecule has 9 heteroatoms. The largest absolute Gasteiger partial charge is 0.418 e. The molecule has 2 aromatic carbocycles. The Labute approximate surface area is 177 Å². The zero-order chi connectivity index (χ0) is 21.7. The van der Waals surface area contributed by atoms with Crippen molar-refractivity contribution in [3.8, 4) is 0 Å². The van der Waals surface area contributed by atoms with Gasteiger partial charge in [0.2, 0.25) is 11.8 Å². The quantitative estimate of drug-likeness (QED) is 0.713. The van der Waals surface area contributed by atoms with Gasteiger partial charge in [0.05, 0.1) is 22.8 Å². The summed E-state index contributed by atoms with van der Waals surface area (Å²) in [4.78, 5) is 26.5. The van der Waals surface area contributed by atoms with Crippen molar-refractivity contribution in [3.05, 3.63) is 59.1 Å². The van der Waals surface area contributed by atoms with E-state index in [9.17, 15) is 22.8 Å². The van der Waals surface area contributed by atoms with Gasteiger partial charge in [-0.2, -0.15) is 13.2 Å². The van der Waals surface area contributed by atoms with Gasteiger partial charge < -0.3 is 10.6 Å². The zero-order valence-corrected chi connectivity index (χ0v) is 16.8. The van der Waals surface area contributed by atoms with E-state index in [1.807, 2.05) is 23.1 Å². The first kappa shape index (κ1) is 22.1. The number of amides is 2. The van der Waals surface area contributed by atoms with Crippen LogP contribution in [0.3, 0.4) is 0 Å². The van der Waals surface area contributed by atoms with Crippen molar-refractivity contribution in [1.29, 1.82) is 0 Å². The van der Waals surface area contributed by atoms with Crippen LogP contribution in [0, 0.1) is 5.92 Å². The highest BCUT2D eigenvalue weighted by atomic mass is 35.5. The predicted molar refractivity (Wildman–Crippen MR) is 109 cm³/mol. The summed E-state index contributed by atoms with van der Waals surface area (Å²) in [5.41, 5.74) is -0.696. The molecule has 160 valence electrons. The molecule has 1 saturated heterocycles. The molecule has 1 fully saturated rings. The third kappa shape index (κ3) is 5.73. The fourth-order valence-corrected chi connectivity index (χ4v) is 3.61. The van der Waals surface area contributed by atoms with Gasteiger partial charge in [0, 0.05) is 11.6 Å². The molecule has 30 heavy (non-hydrogen) atoms. The molecule has 0 unspecified atom stereocenters. The second-order valence-corrected chi connectivity index (χ2v) is 7.52. The number of nitrogens with one attached hydrogen (secondary N) is 2. The van der Waals surface area contributed by atoms with Gasteiger partial charge in [-0.25, -0.2) is 0 Å². The number of hydrogen-bond donors (Lipinski definition) is 2. The Morgan fingerprint density at radius 2 is 1.67 bits per heavy atom. The Bertz CT molecular complexity index is 898. The van der Waals surface area contributed by atoms with E-state index in [4.69, 9.17) is 11.6 Å². The minimum atomic E-state index is -4.63. The van der Waals surface area contributed by atoms with E-state index in [0.29, 0.717) is 25.9 Å². The monoisotopic (exact) mass is 439 g/mol. The molecule has 5 nitrogen and oxygen atoms in total. The van der Waals surface area contributed by atoms with E-state index in [0.717, 1.165) is 11.8 Å². The molecule has 1 heterocycles. The number of nitrogens with zero attached hydrogens (tertiary/aromatic N) is 1. The van der Waals surface area contributed by atoms with Crippen molar-refractivity contribution in [2.75, 3.05) is 30.3 Å². The van der Waals surface area contributed by atoms with Crippen LogP contribution >= 0.6 is 11.6 Å². The number of benzene rings is 2. The number of carbonyl (C=O) groups excluding carboxylic acids is 2. The Morgan fingerprint density at radius 3 is 2.30 bits per heavy atom. The van der Waals surface area contributed by atoms with Gasteiger partial charge in [-0.05, 0) is 50.2 Å². The van der Waals surface area contributed by atoms with E-state index in [1.54, 1.807) is 12.1 Å². The summed E-state index contributed by atoms with van der Waals surface area (Å²) in [6.45, 7) is 0.916. The molecule has 0 aliphatic carbocycles. The third-order valence-electron chi connectivity index (χ3n) is 4.95. The molecule has 0 bridgehead atoms. The minimum Gasteiger partial charge on any atom is -0.326 e. The SMILES string of the molecule is O=C(CN1CCC(C(=O)Nc2ccccc2)CC1)Nc1c(Cl)cccc1C(F)(F)F. The van der Waals surface area contributed by atoms with Gasteiger partial charge >= 0.3 is 6.18 Å². The van der Waals surface area contributed by atoms with Gasteiger partial charge in [0.15, 0.2) is 0 Å². The lowest BCUT2D eigenvalue weighted by molar-refractivity contribution is -0.137.